The fraction of sp³-hybridized carbons (Fsp3) is 0.250. The van der Waals surface area contributed by atoms with Crippen molar-refractivity contribution in [1.29, 1.82) is 0 Å². The summed E-state index contributed by atoms with van der Waals surface area (Å²) in [7, 11) is 0. The van der Waals surface area contributed by atoms with Crippen LogP contribution in [-0.2, 0) is 9.53 Å². The molecular weight excluding hydrogens is 176 g/mol. The molecule has 0 fully saturated rings. The van der Waals surface area contributed by atoms with Crippen LogP contribution in [0.2, 0.25) is 0 Å². The van der Waals surface area contributed by atoms with Crippen molar-refractivity contribution < 1.29 is 9.53 Å². The van der Waals surface area contributed by atoms with E-state index in [-0.39, 0.29) is 11.9 Å². The van der Waals surface area contributed by atoms with Crippen molar-refractivity contribution in [2.45, 2.75) is 19.4 Å². The zero-order valence-corrected chi connectivity index (χ0v) is 8.07. The Balaban J connectivity index is 2.28. The van der Waals surface area contributed by atoms with Gasteiger partial charge in [0.25, 0.3) is 0 Å². The summed E-state index contributed by atoms with van der Waals surface area (Å²) >= 11 is 0. The summed E-state index contributed by atoms with van der Waals surface area (Å²) in [6.07, 6.45) is 3.31. The Morgan fingerprint density at radius 3 is 2.86 bits per heavy atom. The van der Waals surface area contributed by atoms with E-state index >= 15 is 0 Å². The summed E-state index contributed by atoms with van der Waals surface area (Å²) in [5.74, 6) is 0.129. The predicted octanol–water partition coefficient (Wildman–Crippen LogP) is 2.54. The lowest BCUT2D eigenvalue weighted by molar-refractivity contribution is -0.118. The summed E-state index contributed by atoms with van der Waals surface area (Å²) in [6, 6.07) is 7.99. The lowest BCUT2D eigenvalue weighted by Gasteiger charge is -2.20. The zero-order chi connectivity index (χ0) is 9.97. The fourth-order valence-electron chi connectivity index (χ4n) is 1.64. The molecule has 0 bridgehead atoms. The van der Waals surface area contributed by atoms with Crippen molar-refractivity contribution in [3.63, 3.8) is 0 Å². The predicted molar refractivity (Wildman–Crippen MR) is 53.8 cm³/mol. The second-order valence-electron chi connectivity index (χ2n) is 3.45. The maximum Gasteiger partial charge on any atom is 0.162 e. The Kier molecular flexibility index (Phi) is 2.35. The van der Waals surface area contributed by atoms with Crippen LogP contribution < -0.4 is 0 Å². The molecule has 1 unspecified atom stereocenters. The van der Waals surface area contributed by atoms with Gasteiger partial charge in [-0.2, -0.15) is 0 Å². The summed E-state index contributed by atoms with van der Waals surface area (Å²) in [6.45, 7) is 2.03. The molecule has 2 rings (SSSR count). The Hall–Kier alpha value is -1.57. The Labute approximate surface area is 83.2 Å². The van der Waals surface area contributed by atoms with E-state index in [1.807, 2.05) is 31.2 Å². The summed E-state index contributed by atoms with van der Waals surface area (Å²) in [5.41, 5.74) is 2.27. The van der Waals surface area contributed by atoms with E-state index in [0.717, 1.165) is 5.56 Å². The van der Waals surface area contributed by atoms with Gasteiger partial charge in [-0.05, 0) is 18.1 Å². The molecule has 1 aromatic rings. The van der Waals surface area contributed by atoms with Gasteiger partial charge in [-0.3, -0.25) is 4.79 Å². The van der Waals surface area contributed by atoms with Gasteiger partial charge in [0.15, 0.2) is 5.78 Å². The van der Waals surface area contributed by atoms with Gasteiger partial charge in [0.2, 0.25) is 0 Å². The van der Waals surface area contributed by atoms with Crippen LogP contribution in [0.1, 0.15) is 23.7 Å². The van der Waals surface area contributed by atoms with Gasteiger partial charge in [0.1, 0.15) is 6.10 Å². The van der Waals surface area contributed by atoms with Crippen LogP contribution in [0, 0.1) is 6.92 Å². The van der Waals surface area contributed by atoms with E-state index in [1.54, 1.807) is 0 Å². The first-order valence-corrected chi connectivity index (χ1v) is 4.68. The maximum absolute atomic E-state index is 11.2. The highest BCUT2D eigenvalue weighted by Crippen LogP contribution is 2.27. The summed E-state index contributed by atoms with van der Waals surface area (Å²) in [5, 5.41) is 0. The van der Waals surface area contributed by atoms with Crippen molar-refractivity contribution in [3.8, 4) is 0 Å². The molecule has 0 saturated heterocycles. The molecule has 14 heavy (non-hydrogen) atoms. The lowest BCUT2D eigenvalue weighted by Crippen LogP contribution is -2.12. The van der Waals surface area contributed by atoms with E-state index in [9.17, 15) is 4.79 Å². The summed E-state index contributed by atoms with van der Waals surface area (Å²) < 4.78 is 5.41. The Morgan fingerprint density at radius 2 is 2.14 bits per heavy atom. The number of carbonyl (C=O) groups excluding carboxylic acids is 1. The molecule has 1 atom stereocenters. The second kappa shape index (κ2) is 3.66. The van der Waals surface area contributed by atoms with Crippen LogP contribution in [0.25, 0.3) is 0 Å². The Morgan fingerprint density at radius 1 is 1.36 bits per heavy atom. The second-order valence-corrected chi connectivity index (χ2v) is 3.45. The van der Waals surface area contributed by atoms with Crippen molar-refractivity contribution in [2.75, 3.05) is 0 Å². The van der Waals surface area contributed by atoms with Gasteiger partial charge in [0.05, 0.1) is 12.7 Å². The van der Waals surface area contributed by atoms with Gasteiger partial charge in [-0.1, -0.05) is 24.3 Å². The average molecular weight is 188 g/mol. The van der Waals surface area contributed by atoms with Crippen molar-refractivity contribution in [1.82, 2.24) is 0 Å². The van der Waals surface area contributed by atoms with E-state index in [0.29, 0.717) is 6.42 Å². The minimum absolute atomic E-state index is 0.103. The van der Waals surface area contributed by atoms with Gasteiger partial charge >= 0.3 is 0 Å². The number of ether oxygens (including phenoxy) is 1. The fourth-order valence-corrected chi connectivity index (χ4v) is 1.64. The van der Waals surface area contributed by atoms with Gasteiger partial charge < -0.3 is 4.74 Å². The number of benzene rings is 1. The molecule has 0 saturated carbocycles. The van der Waals surface area contributed by atoms with Crippen LogP contribution >= 0.6 is 0 Å². The topological polar surface area (TPSA) is 26.3 Å². The third kappa shape index (κ3) is 1.69. The molecule has 0 N–H and O–H groups in total. The quantitative estimate of drug-likeness (QED) is 0.677. The molecule has 0 radical (unpaired) electrons. The normalized spacial score (nSPS) is 20.6. The standard InChI is InChI=1S/C12H12O2/c1-9-4-2-3-5-11(9)12-8-10(13)6-7-14-12/h2-7,12H,8H2,1H3. The van der Waals surface area contributed by atoms with E-state index < -0.39 is 0 Å². The van der Waals surface area contributed by atoms with Crippen molar-refractivity contribution in [2.24, 2.45) is 0 Å². The molecule has 0 aromatic heterocycles. The highest BCUT2D eigenvalue weighted by Gasteiger charge is 2.19. The van der Waals surface area contributed by atoms with E-state index in [4.69, 9.17) is 4.74 Å². The van der Waals surface area contributed by atoms with Crippen molar-refractivity contribution >= 4 is 5.78 Å². The van der Waals surface area contributed by atoms with E-state index in [1.165, 1.54) is 17.9 Å². The van der Waals surface area contributed by atoms with Gasteiger partial charge in [-0.15, -0.1) is 0 Å². The van der Waals surface area contributed by atoms with Crippen molar-refractivity contribution in [3.05, 3.63) is 47.7 Å². The number of aryl methyl sites for hydroxylation is 1. The lowest BCUT2D eigenvalue weighted by atomic mass is 9.98. The molecule has 1 aromatic carbocycles. The molecule has 1 heterocycles. The molecule has 0 amide bonds. The number of allylic oxidation sites excluding steroid dienone is 1. The maximum atomic E-state index is 11.2. The molecule has 2 heteroatoms. The molecule has 0 aliphatic carbocycles. The van der Waals surface area contributed by atoms with Gasteiger partial charge in [-0.25, -0.2) is 0 Å². The third-order valence-corrected chi connectivity index (χ3v) is 2.42. The number of rotatable bonds is 1. The van der Waals surface area contributed by atoms with Crippen LogP contribution in [0.15, 0.2) is 36.6 Å². The third-order valence-electron chi connectivity index (χ3n) is 2.42. The van der Waals surface area contributed by atoms with Crippen LogP contribution in [-0.4, -0.2) is 5.78 Å². The first-order chi connectivity index (χ1) is 6.77. The first-order valence-electron chi connectivity index (χ1n) is 4.68. The molecule has 72 valence electrons. The molecule has 1 aliphatic heterocycles. The minimum atomic E-state index is -0.103. The number of carbonyl (C=O) groups is 1. The summed E-state index contributed by atoms with van der Waals surface area (Å²) in [4.78, 5) is 11.2. The minimum Gasteiger partial charge on any atom is -0.493 e. The SMILES string of the molecule is Cc1ccccc1C1CC(=O)C=CO1. The van der Waals surface area contributed by atoms with Crippen LogP contribution in [0.5, 0.6) is 0 Å². The zero-order valence-electron chi connectivity index (χ0n) is 8.07. The molecule has 1 aliphatic rings. The highest BCUT2D eigenvalue weighted by molar-refractivity contribution is 5.90. The number of hydrogen-bond acceptors (Lipinski definition) is 2. The highest BCUT2D eigenvalue weighted by atomic mass is 16.5. The molecular formula is C12H12O2. The van der Waals surface area contributed by atoms with Crippen LogP contribution in [0.3, 0.4) is 0 Å². The van der Waals surface area contributed by atoms with Crippen LogP contribution in [0.4, 0.5) is 0 Å². The van der Waals surface area contributed by atoms with E-state index in [2.05, 4.69) is 0 Å². The number of ketones is 1. The molecule has 0 spiro atoms. The molecule has 2 nitrogen and oxygen atoms in total. The average Bonchev–Trinajstić information content (AvgIpc) is 2.18. The first kappa shape index (κ1) is 9.00. The monoisotopic (exact) mass is 188 g/mol. The Bertz CT molecular complexity index is 380. The number of hydrogen-bond donors (Lipinski definition) is 0. The smallest absolute Gasteiger partial charge is 0.162 e. The van der Waals surface area contributed by atoms with Gasteiger partial charge in [0, 0.05) is 6.08 Å². The largest absolute Gasteiger partial charge is 0.493 e.